The normalized spacial score (nSPS) is 15.6. The minimum absolute atomic E-state index is 0.166. The van der Waals surface area contributed by atoms with E-state index in [9.17, 15) is 4.79 Å². The lowest BCUT2D eigenvalue weighted by Gasteiger charge is -2.36. The van der Waals surface area contributed by atoms with Crippen LogP contribution in [-0.2, 0) is 4.79 Å². The lowest BCUT2D eigenvalue weighted by atomic mass is 10.2. The number of nitrogens with one attached hydrogen (secondary N) is 1. The zero-order chi connectivity index (χ0) is 15.8. The van der Waals surface area contributed by atoms with Crippen LogP contribution in [-0.4, -0.2) is 57.2 Å². The molecule has 1 aliphatic rings. The average Bonchev–Trinajstić information content (AvgIpc) is 2.56. The van der Waals surface area contributed by atoms with Crippen molar-refractivity contribution in [2.75, 3.05) is 51.3 Å². The second-order valence-corrected chi connectivity index (χ2v) is 5.63. The fourth-order valence-corrected chi connectivity index (χ4v) is 2.69. The number of amides is 1. The van der Waals surface area contributed by atoms with Crippen LogP contribution < -0.4 is 15.0 Å². The quantitative estimate of drug-likeness (QED) is 0.833. The number of hydrogen-bond acceptors (Lipinski definition) is 4. The number of methoxy groups -OCH3 is 1. The third kappa shape index (κ3) is 4.91. The molecule has 122 valence electrons. The summed E-state index contributed by atoms with van der Waals surface area (Å²) in [6.07, 6.45) is 1.54. The predicted molar refractivity (Wildman–Crippen MR) is 89.6 cm³/mol. The van der Waals surface area contributed by atoms with Gasteiger partial charge < -0.3 is 15.0 Å². The van der Waals surface area contributed by atoms with Crippen LogP contribution in [0.4, 0.5) is 5.69 Å². The fraction of sp³-hybridized carbons (Fsp3) is 0.588. The van der Waals surface area contributed by atoms with Crippen LogP contribution in [0.1, 0.15) is 19.8 Å². The Hall–Kier alpha value is -1.75. The molecule has 1 heterocycles. The largest absolute Gasteiger partial charge is 0.497 e. The van der Waals surface area contributed by atoms with Gasteiger partial charge in [-0.2, -0.15) is 0 Å². The molecule has 1 N–H and O–H groups in total. The van der Waals surface area contributed by atoms with Crippen molar-refractivity contribution in [3.8, 4) is 5.75 Å². The summed E-state index contributed by atoms with van der Waals surface area (Å²) in [5.41, 5.74) is 1.25. The van der Waals surface area contributed by atoms with Crippen molar-refractivity contribution >= 4 is 11.6 Å². The van der Waals surface area contributed by atoms with Gasteiger partial charge in [0.2, 0.25) is 5.91 Å². The molecule has 0 aromatic heterocycles. The average molecular weight is 305 g/mol. The zero-order valence-corrected chi connectivity index (χ0v) is 13.7. The molecule has 1 saturated heterocycles. The first-order valence-electron chi connectivity index (χ1n) is 8.11. The van der Waals surface area contributed by atoms with Gasteiger partial charge in [0.1, 0.15) is 5.75 Å². The molecule has 22 heavy (non-hydrogen) atoms. The van der Waals surface area contributed by atoms with Gasteiger partial charge in [-0.15, -0.1) is 0 Å². The molecule has 1 aromatic rings. The summed E-state index contributed by atoms with van der Waals surface area (Å²) in [7, 11) is 1.69. The van der Waals surface area contributed by atoms with Crippen LogP contribution in [0, 0.1) is 0 Å². The molecule has 0 saturated carbocycles. The summed E-state index contributed by atoms with van der Waals surface area (Å²) in [5, 5.41) is 2.98. The Labute approximate surface area is 133 Å². The predicted octanol–water partition coefficient (Wildman–Crippen LogP) is 1.73. The highest BCUT2D eigenvalue weighted by Gasteiger charge is 2.16. The third-order valence-electron chi connectivity index (χ3n) is 4.04. The van der Waals surface area contributed by atoms with E-state index in [2.05, 4.69) is 27.2 Å². The van der Waals surface area contributed by atoms with E-state index in [-0.39, 0.29) is 5.91 Å². The molecular weight excluding hydrogens is 278 g/mol. The van der Waals surface area contributed by atoms with Crippen molar-refractivity contribution in [3.05, 3.63) is 24.3 Å². The van der Waals surface area contributed by atoms with Gasteiger partial charge in [-0.1, -0.05) is 6.92 Å². The number of rotatable bonds is 7. The van der Waals surface area contributed by atoms with Crippen molar-refractivity contribution in [2.24, 2.45) is 0 Å². The van der Waals surface area contributed by atoms with E-state index in [0.717, 1.165) is 51.4 Å². The maximum absolute atomic E-state index is 11.4. The summed E-state index contributed by atoms with van der Waals surface area (Å²) in [6, 6.07) is 8.23. The second kappa shape index (κ2) is 8.63. The van der Waals surface area contributed by atoms with E-state index in [4.69, 9.17) is 4.74 Å². The Kier molecular flexibility index (Phi) is 6.52. The van der Waals surface area contributed by atoms with Crippen molar-refractivity contribution < 1.29 is 9.53 Å². The number of carbonyl (C=O) groups is 1. The van der Waals surface area contributed by atoms with E-state index >= 15 is 0 Å². The molecular formula is C17H27N3O2. The Morgan fingerprint density at radius 2 is 1.86 bits per heavy atom. The molecule has 5 nitrogen and oxygen atoms in total. The lowest BCUT2D eigenvalue weighted by Crippen LogP contribution is -2.48. The zero-order valence-electron chi connectivity index (χ0n) is 13.7. The highest BCUT2D eigenvalue weighted by atomic mass is 16.5. The van der Waals surface area contributed by atoms with Crippen LogP contribution in [0.5, 0.6) is 5.75 Å². The van der Waals surface area contributed by atoms with Crippen LogP contribution in [0.2, 0.25) is 0 Å². The monoisotopic (exact) mass is 305 g/mol. The Morgan fingerprint density at radius 1 is 1.18 bits per heavy atom. The van der Waals surface area contributed by atoms with E-state index in [1.807, 2.05) is 19.1 Å². The number of carbonyl (C=O) groups excluding carboxylic acids is 1. The number of hydrogen-bond donors (Lipinski definition) is 1. The Bertz CT molecular complexity index is 453. The highest BCUT2D eigenvalue weighted by molar-refractivity contribution is 5.75. The molecule has 0 spiro atoms. The molecule has 1 amide bonds. The van der Waals surface area contributed by atoms with Crippen molar-refractivity contribution in [1.82, 2.24) is 10.2 Å². The smallest absolute Gasteiger partial charge is 0.220 e. The van der Waals surface area contributed by atoms with Crippen LogP contribution in [0.15, 0.2) is 24.3 Å². The van der Waals surface area contributed by atoms with E-state index < -0.39 is 0 Å². The fourth-order valence-electron chi connectivity index (χ4n) is 2.69. The lowest BCUT2D eigenvalue weighted by molar-refractivity contribution is -0.121. The van der Waals surface area contributed by atoms with Gasteiger partial charge in [0, 0.05) is 51.4 Å². The van der Waals surface area contributed by atoms with Gasteiger partial charge in [-0.25, -0.2) is 0 Å². The van der Waals surface area contributed by atoms with Crippen molar-refractivity contribution in [3.63, 3.8) is 0 Å². The topological polar surface area (TPSA) is 44.8 Å². The minimum atomic E-state index is 0.166. The van der Waals surface area contributed by atoms with Crippen LogP contribution in [0.25, 0.3) is 0 Å². The first-order chi connectivity index (χ1) is 10.7. The van der Waals surface area contributed by atoms with Gasteiger partial charge in [0.25, 0.3) is 0 Å². The van der Waals surface area contributed by atoms with Crippen molar-refractivity contribution in [1.29, 1.82) is 0 Å². The van der Waals surface area contributed by atoms with Crippen LogP contribution in [0.3, 0.4) is 0 Å². The van der Waals surface area contributed by atoms with Gasteiger partial charge in [0.15, 0.2) is 0 Å². The highest BCUT2D eigenvalue weighted by Crippen LogP contribution is 2.20. The third-order valence-corrected chi connectivity index (χ3v) is 4.04. The molecule has 0 atom stereocenters. The summed E-state index contributed by atoms with van der Waals surface area (Å²) >= 11 is 0. The Balaban J connectivity index is 1.70. The molecule has 0 unspecified atom stereocenters. The number of piperazine rings is 1. The van der Waals surface area contributed by atoms with E-state index in [1.54, 1.807) is 7.11 Å². The molecule has 1 aliphatic heterocycles. The number of nitrogens with zero attached hydrogens (tertiary/aromatic N) is 2. The molecule has 1 aromatic carbocycles. The maximum Gasteiger partial charge on any atom is 0.220 e. The van der Waals surface area contributed by atoms with Gasteiger partial charge in [-0.05, 0) is 30.7 Å². The summed E-state index contributed by atoms with van der Waals surface area (Å²) in [6.45, 7) is 7.83. The molecule has 0 aliphatic carbocycles. The van der Waals surface area contributed by atoms with Gasteiger partial charge in [0.05, 0.1) is 7.11 Å². The summed E-state index contributed by atoms with van der Waals surface area (Å²) in [5.74, 6) is 1.06. The van der Waals surface area contributed by atoms with Crippen molar-refractivity contribution in [2.45, 2.75) is 19.8 Å². The maximum atomic E-state index is 11.4. The number of ether oxygens (including phenoxy) is 1. The van der Waals surface area contributed by atoms with Gasteiger partial charge in [-0.3, -0.25) is 9.69 Å². The SMILES string of the molecule is CCCC(=O)NCCN1CCN(c2ccc(OC)cc2)CC1. The van der Waals surface area contributed by atoms with Crippen LogP contribution >= 0.6 is 0 Å². The molecule has 0 bridgehead atoms. The van der Waals surface area contributed by atoms with Gasteiger partial charge >= 0.3 is 0 Å². The first-order valence-corrected chi connectivity index (χ1v) is 8.11. The first kappa shape index (κ1) is 16.6. The molecule has 0 radical (unpaired) electrons. The standard InChI is InChI=1S/C17H27N3O2/c1-3-4-17(21)18-9-10-19-11-13-20(14-12-19)15-5-7-16(22-2)8-6-15/h5-8H,3-4,9-14H2,1-2H3,(H,18,21). The second-order valence-electron chi connectivity index (χ2n) is 5.63. The number of benzene rings is 1. The molecule has 2 rings (SSSR count). The number of anilines is 1. The molecule has 1 fully saturated rings. The summed E-state index contributed by atoms with van der Waals surface area (Å²) < 4.78 is 5.19. The molecule has 5 heteroatoms. The van der Waals surface area contributed by atoms with E-state index in [0.29, 0.717) is 6.42 Å². The summed E-state index contributed by atoms with van der Waals surface area (Å²) in [4.78, 5) is 16.2. The minimum Gasteiger partial charge on any atom is -0.497 e. The van der Waals surface area contributed by atoms with E-state index in [1.165, 1.54) is 5.69 Å². The Morgan fingerprint density at radius 3 is 2.45 bits per heavy atom.